The number of carbonyl (C=O) groups is 1. The van der Waals surface area contributed by atoms with E-state index in [0.717, 1.165) is 15.4 Å². The number of thiophene rings is 1. The number of aromatic nitrogens is 3. The Morgan fingerprint density at radius 1 is 1.36 bits per heavy atom. The van der Waals surface area contributed by atoms with E-state index in [1.807, 2.05) is 32.9 Å². The lowest BCUT2D eigenvalue weighted by Crippen LogP contribution is -2.35. The third-order valence-corrected chi connectivity index (χ3v) is 7.65. The van der Waals surface area contributed by atoms with Crippen LogP contribution in [-0.4, -0.2) is 46.6 Å². The van der Waals surface area contributed by atoms with Gasteiger partial charge in [0.15, 0.2) is 15.5 Å². The van der Waals surface area contributed by atoms with Crippen LogP contribution in [0.2, 0.25) is 0 Å². The van der Waals surface area contributed by atoms with Crippen LogP contribution in [0.15, 0.2) is 24.4 Å². The van der Waals surface area contributed by atoms with Crippen molar-refractivity contribution in [2.24, 2.45) is 0 Å². The normalized spacial score (nSPS) is 18.8. The minimum Gasteiger partial charge on any atom is -0.348 e. The highest BCUT2D eigenvalue weighted by Crippen LogP contribution is 2.30. The first-order valence-electron chi connectivity index (χ1n) is 9.20. The van der Waals surface area contributed by atoms with E-state index in [2.05, 4.69) is 10.4 Å². The fraction of sp³-hybridized carbons (Fsp3) is 0.421. The van der Waals surface area contributed by atoms with Gasteiger partial charge in [0, 0.05) is 17.0 Å². The first-order valence-corrected chi connectivity index (χ1v) is 11.8. The molecule has 9 heteroatoms. The first kappa shape index (κ1) is 19.1. The number of hydrogen-bond donors (Lipinski definition) is 1. The van der Waals surface area contributed by atoms with Crippen molar-refractivity contribution >= 4 is 38.1 Å². The van der Waals surface area contributed by atoms with Crippen LogP contribution in [0, 0.1) is 6.92 Å². The Bertz CT molecular complexity index is 1160. The quantitative estimate of drug-likeness (QED) is 0.703. The number of hydrogen-bond acceptors (Lipinski definition) is 6. The smallest absolute Gasteiger partial charge is 0.252 e. The minimum absolute atomic E-state index is 0.00476. The van der Waals surface area contributed by atoms with Gasteiger partial charge in [-0.1, -0.05) is 0 Å². The second-order valence-corrected chi connectivity index (χ2v) is 11.0. The standard InChI is InChI=1S/C19H22N4O3S2/c1-11(2)23-18-15(9-20-23)14(8-16(22-18)17-5-4-12(3)27-17)19(24)21-13-6-7-28(25,26)10-13/h4-5,8-9,11,13H,6-7,10H2,1-3H3,(H,21,24)/t13-/m0/s1. The zero-order valence-electron chi connectivity index (χ0n) is 16.0. The van der Waals surface area contributed by atoms with Crippen molar-refractivity contribution in [2.45, 2.75) is 39.3 Å². The average Bonchev–Trinajstić information content (AvgIpc) is 3.32. The molecule has 3 aromatic rings. The maximum atomic E-state index is 13.0. The molecule has 1 atom stereocenters. The van der Waals surface area contributed by atoms with Gasteiger partial charge in [-0.2, -0.15) is 5.10 Å². The zero-order chi connectivity index (χ0) is 20.1. The molecular weight excluding hydrogens is 396 g/mol. The lowest BCUT2D eigenvalue weighted by atomic mass is 10.1. The Morgan fingerprint density at radius 2 is 2.14 bits per heavy atom. The summed E-state index contributed by atoms with van der Waals surface area (Å²) in [5, 5.41) is 7.97. The van der Waals surface area contributed by atoms with Gasteiger partial charge in [-0.3, -0.25) is 4.79 Å². The molecule has 4 rings (SSSR count). The Hall–Kier alpha value is -2.26. The molecule has 0 saturated carbocycles. The number of sulfone groups is 1. The van der Waals surface area contributed by atoms with Crippen LogP contribution in [0.5, 0.6) is 0 Å². The van der Waals surface area contributed by atoms with Gasteiger partial charge in [0.1, 0.15) is 0 Å². The van der Waals surface area contributed by atoms with E-state index >= 15 is 0 Å². The Labute approximate surface area is 167 Å². The minimum atomic E-state index is -3.06. The molecule has 0 bridgehead atoms. The van der Waals surface area contributed by atoms with Crippen molar-refractivity contribution in [3.8, 4) is 10.6 Å². The molecular formula is C19H22N4O3S2. The van der Waals surface area contributed by atoms with Crippen LogP contribution in [0.1, 0.15) is 41.5 Å². The zero-order valence-corrected chi connectivity index (χ0v) is 17.6. The molecule has 1 fully saturated rings. The predicted octanol–water partition coefficient (Wildman–Crippen LogP) is 2.97. The summed E-state index contributed by atoms with van der Waals surface area (Å²) in [7, 11) is -3.06. The van der Waals surface area contributed by atoms with Crippen molar-refractivity contribution in [2.75, 3.05) is 11.5 Å². The van der Waals surface area contributed by atoms with Crippen LogP contribution < -0.4 is 5.32 Å². The van der Waals surface area contributed by atoms with Gasteiger partial charge in [-0.15, -0.1) is 11.3 Å². The van der Waals surface area contributed by atoms with Crippen LogP contribution in [-0.2, 0) is 9.84 Å². The largest absolute Gasteiger partial charge is 0.348 e. The van der Waals surface area contributed by atoms with Gasteiger partial charge in [0.2, 0.25) is 0 Å². The van der Waals surface area contributed by atoms with Crippen molar-refractivity contribution < 1.29 is 13.2 Å². The fourth-order valence-electron chi connectivity index (χ4n) is 3.45. The molecule has 28 heavy (non-hydrogen) atoms. The van der Waals surface area contributed by atoms with Crippen molar-refractivity contribution in [3.05, 3.63) is 34.8 Å². The molecule has 0 unspecified atom stereocenters. The fourth-order valence-corrected chi connectivity index (χ4v) is 5.96. The highest BCUT2D eigenvalue weighted by atomic mass is 32.2. The number of amides is 1. The number of nitrogens with one attached hydrogen (secondary N) is 1. The third kappa shape index (κ3) is 3.56. The van der Waals surface area contributed by atoms with Crippen molar-refractivity contribution in [1.29, 1.82) is 0 Å². The number of carbonyl (C=O) groups excluding carboxylic acids is 1. The van der Waals surface area contributed by atoms with E-state index in [4.69, 9.17) is 4.98 Å². The molecule has 1 aliphatic heterocycles. The number of nitrogens with zero attached hydrogens (tertiary/aromatic N) is 3. The molecule has 0 radical (unpaired) electrons. The molecule has 1 saturated heterocycles. The van der Waals surface area contributed by atoms with Gasteiger partial charge in [0.05, 0.1) is 39.2 Å². The SMILES string of the molecule is Cc1ccc(-c2cc(C(=O)N[C@H]3CCS(=O)(=O)C3)c3cnn(C(C)C)c3n2)s1. The van der Waals surface area contributed by atoms with Crippen LogP contribution in [0.25, 0.3) is 21.6 Å². The van der Waals surface area contributed by atoms with Crippen molar-refractivity contribution in [3.63, 3.8) is 0 Å². The molecule has 1 N–H and O–H groups in total. The van der Waals surface area contributed by atoms with Crippen LogP contribution in [0.3, 0.4) is 0 Å². The van der Waals surface area contributed by atoms with Gasteiger partial charge >= 0.3 is 0 Å². The lowest BCUT2D eigenvalue weighted by molar-refractivity contribution is 0.0943. The summed E-state index contributed by atoms with van der Waals surface area (Å²) in [5.41, 5.74) is 1.85. The summed E-state index contributed by atoms with van der Waals surface area (Å²) in [4.78, 5) is 19.9. The molecule has 3 aromatic heterocycles. The highest BCUT2D eigenvalue weighted by Gasteiger charge is 2.30. The molecule has 7 nitrogen and oxygen atoms in total. The second kappa shape index (κ2) is 6.97. The maximum Gasteiger partial charge on any atom is 0.252 e. The van der Waals surface area contributed by atoms with Gasteiger partial charge in [-0.25, -0.2) is 18.1 Å². The summed E-state index contributed by atoms with van der Waals surface area (Å²) in [6, 6.07) is 5.54. The summed E-state index contributed by atoms with van der Waals surface area (Å²) in [6.45, 7) is 6.05. The topological polar surface area (TPSA) is 94.0 Å². The monoisotopic (exact) mass is 418 g/mol. The van der Waals surface area contributed by atoms with E-state index in [-0.39, 0.29) is 29.5 Å². The van der Waals surface area contributed by atoms with Crippen molar-refractivity contribution in [1.82, 2.24) is 20.1 Å². The number of fused-ring (bicyclic) bond motifs is 1. The number of rotatable bonds is 4. The lowest BCUT2D eigenvalue weighted by Gasteiger charge is -2.13. The van der Waals surface area contributed by atoms with E-state index in [1.54, 1.807) is 28.3 Å². The first-order chi connectivity index (χ1) is 13.2. The molecule has 0 aromatic carbocycles. The average molecular weight is 419 g/mol. The van der Waals surface area contributed by atoms with Crippen LogP contribution >= 0.6 is 11.3 Å². The third-order valence-electron chi connectivity index (χ3n) is 4.86. The van der Waals surface area contributed by atoms with Gasteiger partial charge in [-0.05, 0) is 45.4 Å². The number of aryl methyl sites for hydroxylation is 1. The summed E-state index contributed by atoms with van der Waals surface area (Å²) in [5.74, 6) is -0.170. The molecule has 4 heterocycles. The molecule has 0 aliphatic carbocycles. The molecule has 0 spiro atoms. The van der Waals surface area contributed by atoms with E-state index < -0.39 is 9.84 Å². The van der Waals surface area contributed by atoms with E-state index in [9.17, 15) is 13.2 Å². The Kier molecular flexibility index (Phi) is 4.75. The maximum absolute atomic E-state index is 13.0. The second-order valence-electron chi connectivity index (χ2n) is 7.46. The summed E-state index contributed by atoms with van der Waals surface area (Å²) < 4.78 is 25.2. The number of pyridine rings is 1. The molecule has 148 valence electrons. The Balaban J connectivity index is 1.78. The predicted molar refractivity (Wildman–Crippen MR) is 110 cm³/mol. The molecule has 1 amide bonds. The molecule has 1 aliphatic rings. The summed E-state index contributed by atoms with van der Waals surface area (Å²) >= 11 is 1.62. The van der Waals surface area contributed by atoms with Gasteiger partial charge in [0.25, 0.3) is 5.91 Å². The summed E-state index contributed by atoms with van der Waals surface area (Å²) in [6.07, 6.45) is 2.11. The van der Waals surface area contributed by atoms with Crippen LogP contribution in [0.4, 0.5) is 0 Å². The van der Waals surface area contributed by atoms with E-state index in [0.29, 0.717) is 23.0 Å². The Morgan fingerprint density at radius 3 is 2.75 bits per heavy atom. The highest BCUT2D eigenvalue weighted by molar-refractivity contribution is 7.91. The van der Waals surface area contributed by atoms with E-state index in [1.165, 1.54) is 0 Å². The van der Waals surface area contributed by atoms with Gasteiger partial charge < -0.3 is 5.32 Å².